The summed E-state index contributed by atoms with van der Waals surface area (Å²) in [4.78, 5) is 12.5. The monoisotopic (exact) mass is 462 g/mol. The SMILES string of the molecule is CC/C(C)=C(N)/C=C(\N=C(/C)C(F)F)Nc1cc(OC2CC2)c(/C(C=NCCO)=C/N)cn1. The van der Waals surface area contributed by atoms with Gasteiger partial charge in [-0.3, -0.25) is 4.99 Å². The first kappa shape index (κ1) is 26.0. The molecule has 0 radical (unpaired) electrons. The number of ether oxygens (including phenoxy) is 1. The third-order valence-electron chi connectivity index (χ3n) is 4.82. The first-order chi connectivity index (χ1) is 15.8. The summed E-state index contributed by atoms with van der Waals surface area (Å²) in [7, 11) is 0. The summed E-state index contributed by atoms with van der Waals surface area (Å²) in [5, 5.41) is 11.9. The van der Waals surface area contributed by atoms with Gasteiger partial charge in [0.1, 0.15) is 17.4 Å². The molecule has 0 atom stereocenters. The largest absolute Gasteiger partial charge is 0.490 e. The number of hydrogen-bond donors (Lipinski definition) is 4. The molecule has 0 saturated heterocycles. The number of anilines is 1. The summed E-state index contributed by atoms with van der Waals surface area (Å²) in [6, 6.07) is 1.66. The summed E-state index contributed by atoms with van der Waals surface area (Å²) in [6.07, 6.45) is 5.96. The fraction of sp³-hybridized carbons (Fsp3) is 0.435. The van der Waals surface area contributed by atoms with E-state index in [1.54, 1.807) is 18.5 Å². The molecule has 0 aromatic carbocycles. The highest BCUT2D eigenvalue weighted by Crippen LogP contribution is 2.33. The van der Waals surface area contributed by atoms with E-state index in [2.05, 4.69) is 20.3 Å². The molecule has 1 aromatic rings. The second-order valence-corrected chi connectivity index (χ2v) is 7.56. The van der Waals surface area contributed by atoms with Crippen molar-refractivity contribution in [3.05, 3.63) is 47.2 Å². The van der Waals surface area contributed by atoms with Crippen molar-refractivity contribution in [2.75, 3.05) is 18.5 Å². The fourth-order valence-corrected chi connectivity index (χ4v) is 2.55. The Balaban J connectivity index is 2.44. The van der Waals surface area contributed by atoms with Gasteiger partial charge in [0.25, 0.3) is 6.43 Å². The van der Waals surface area contributed by atoms with Gasteiger partial charge in [0, 0.05) is 47.6 Å². The van der Waals surface area contributed by atoms with Crippen molar-refractivity contribution in [1.29, 1.82) is 0 Å². The molecule has 180 valence electrons. The molecule has 1 fully saturated rings. The topological polar surface area (TPSA) is 131 Å². The van der Waals surface area contributed by atoms with Crippen molar-refractivity contribution in [3.8, 4) is 5.75 Å². The summed E-state index contributed by atoms with van der Waals surface area (Å²) >= 11 is 0. The predicted molar refractivity (Wildman–Crippen MR) is 128 cm³/mol. The van der Waals surface area contributed by atoms with E-state index in [9.17, 15) is 8.78 Å². The standard InChI is InChI=1S/C23H32F2N6O2/c1-4-14(2)19(27)9-22(30-15(3)23(24)25)31-21-10-20(33-17-5-6-17)18(13-29-21)16(11-26)12-28-7-8-32/h9-13,17,23,32H,4-8,26-27H2,1-3H3,(H,29,31)/b16-11+,19-14-,22-9+,28-12?,30-15+. The fourth-order valence-electron chi connectivity index (χ4n) is 2.55. The van der Waals surface area contributed by atoms with E-state index in [0.717, 1.165) is 18.4 Å². The lowest BCUT2D eigenvalue weighted by atomic mass is 10.1. The molecule has 33 heavy (non-hydrogen) atoms. The van der Waals surface area contributed by atoms with E-state index in [1.807, 2.05) is 13.8 Å². The minimum Gasteiger partial charge on any atom is -0.490 e. The van der Waals surface area contributed by atoms with Crippen LogP contribution in [0.4, 0.5) is 14.6 Å². The van der Waals surface area contributed by atoms with Crippen LogP contribution >= 0.6 is 0 Å². The second-order valence-electron chi connectivity index (χ2n) is 7.56. The number of rotatable bonds is 12. The number of aliphatic hydroxyl groups is 1. The normalized spacial score (nSPS) is 16.4. The van der Waals surface area contributed by atoms with Crippen LogP contribution in [0.2, 0.25) is 0 Å². The predicted octanol–water partition coefficient (Wildman–Crippen LogP) is 3.61. The van der Waals surface area contributed by atoms with Crippen molar-refractivity contribution in [2.24, 2.45) is 21.5 Å². The van der Waals surface area contributed by atoms with Crippen molar-refractivity contribution in [2.45, 2.75) is 52.6 Å². The van der Waals surface area contributed by atoms with Crippen LogP contribution in [0.3, 0.4) is 0 Å². The molecular formula is C23H32F2N6O2. The molecule has 8 nitrogen and oxygen atoms in total. The van der Waals surface area contributed by atoms with Crippen LogP contribution in [0, 0.1) is 0 Å². The van der Waals surface area contributed by atoms with Crippen LogP contribution in [0.5, 0.6) is 5.75 Å². The van der Waals surface area contributed by atoms with Gasteiger partial charge in [-0.05, 0) is 33.1 Å². The van der Waals surface area contributed by atoms with Crippen molar-refractivity contribution >= 4 is 23.3 Å². The zero-order valence-corrected chi connectivity index (χ0v) is 19.2. The average molecular weight is 463 g/mol. The number of hydrogen-bond acceptors (Lipinski definition) is 8. The van der Waals surface area contributed by atoms with Gasteiger partial charge in [0.15, 0.2) is 0 Å². The Labute approximate surface area is 192 Å². The second kappa shape index (κ2) is 12.7. The minimum atomic E-state index is -2.70. The molecule has 0 aliphatic heterocycles. The van der Waals surface area contributed by atoms with Gasteiger partial charge >= 0.3 is 0 Å². The number of aliphatic hydroxyl groups excluding tert-OH is 1. The number of nitrogens with two attached hydrogens (primary N) is 2. The first-order valence-corrected chi connectivity index (χ1v) is 10.8. The van der Waals surface area contributed by atoms with E-state index in [1.165, 1.54) is 19.2 Å². The summed E-state index contributed by atoms with van der Waals surface area (Å²) in [5.41, 5.74) is 14.0. The number of nitrogens with one attached hydrogen (secondary N) is 1. The van der Waals surface area contributed by atoms with Gasteiger partial charge in [-0.25, -0.2) is 18.8 Å². The quantitative estimate of drug-likeness (QED) is 0.277. The lowest BCUT2D eigenvalue weighted by Gasteiger charge is -2.14. The van der Waals surface area contributed by atoms with Crippen LogP contribution in [-0.2, 0) is 0 Å². The maximum Gasteiger partial charge on any atom is 0.276 e. The summed E-state index contributed by atoms with van der Waals surface area (Å²) in [5.74, 6) is 0.996. The Hall–Kier alpha value is -3.27. The van der Waals surface area contributed by atoms with Crippen LogP contribution in [0.1, 0.15) is 45.6 Å². The lowest BCUT2D eigenvalue weighted by molar-refractivity contribution is 0.225. The molecule has 2 rings (SSSR count). The summed E-state index contributed by atoms with van der Waals surface area (Å²) in [6.45, 7) is 5.22. The molecule has 1 saturated carbocycles. The number of allylic oxidation sites excluding steroid dienone is 3. The van der Waals surface area contributed by atoms with Crippen LogP contribution in [0.15, 0.2) is 51.6 Å². The molecule has 1 aliphatic carbocycles. The highest BCUT2D eigenvalue weighted by atomic mass is 19.3. The molecule has 10 heteroatoms. The van der Waals surface area contributed by atoms with Crippen LogP contribution in [0.25, 0.3) is 5.57 Å². The lowest BCUT2D eigenvalue weighted by Crippen LogP contribution is -2.11. The zero-order chi connectivity index (χ0) is 24.4. The maximum atomic E-state index is 13.1. The van der Waals surface area contributed by atoms with E-state index in [0.29, 0.717) is 34.8 Å². The van der Waals surface area contributed by atoms with Crippen molar-refractivity contribution in [1.82, 2.24) is 4.98 Å². The Morgan fingerprint density at radius 1 is 1.39 bits per heavy atom. The number of halogens is 2. The first-order valence-electron chi connectivity index (χ1n) is 10.8. The molecule has 0 spiro atoms. The third-order valence-corrected chi connectivity index (χ3v) is 4.82. The number of alkyl halides is 2. The number of nitrogens with zero attached hydrogens (tertiary/aromatic N) is 3. The van der Waals surface area contributed by atoms with Crippen molar-refractivity contribution < 1.29 is 18.6 Å². The van der Waals surface area contributed by atoms with E-state index >= 15 is 0 Å². The Morgan fingerprint density at radius 3 is 2.70 bits per heavy atom. The van der Waals surface area contributed by atoms with Gasteiger partial charge in [-0.1, -0.05) is 12.5 Å². The molecular weight excluding hydrogens is 430 g/mol. The molecule has 6 N–H and O–H groups in total. The van der Waals surface area contributed by atoms with E-state index in [-0.39, 0.29) is 30.8 Å². The molecule has 0 bridgehead atoms. The molecule has 1 heterocycles. The van der Waals surface area contributed by atoms with Gasteiger partial charge in [-0.15, -0.1) is 0 Å². The smallest absolute Gasteiger partial charge is 0.276 e. The highest BCUT2D eigenvalue weighted by Gasteiger charge is 2.25. The average Bonchev–Trinajstić information content (AvgIpc) is 3.60. The minimum absolute atomic E-state index is 0.0797. The summed E-state index contributed by atoms with van der Waals surface area (Å²) < 4.78 is 32.2. The highest BCUT2D eigenvalue weighted by molar-refractivity contribution is 6.10. The number of pyridine rings is 1. The molecule has 0 amide bonds. The zero-order valence-electron chi connectivity index (χ0n) is 19.2. The van der Waals surface area contributed by atoms with Gasteiger partial charge in [-0.2, -0.15) is 0 Å². The molecule has 1 aromatic heterocycles. The van der Waals surface area contributed by atoms with Crippen LogP contribution in [-0.4, -0.2) is 47.7 Å². The van der Waals surface area contributed by atoms with Gasteiger partial charge in [0.05, 0.1) is 25.0 Å². The Morgan fingerprint density at radius 2 is 2.12 bits per heavy atom. The third kappa shape index (κ3) is 8.30. The Bertz CT molecular complexity index is 966. The van der Waals surface area contributed by atoms with Crippen LogP contribution < -0.4 is 21.5 Å². The number of aliphatic imine (C=N–C) groups is 2. The van der Waals surface area contributed by atoms with E-state index < -0.39 is 6.43 Å². The van der Waals surface area contributed by atoms with Gasteiger partial charge in [0.2, 0.25) is 0 Å². The molecule has 0 unspecified atom stereocenters. The Kier molecular flexibility index (Phi) is 9.99. The van der Waals surface area contributed by atoms with Crippen molar-refractivity contribution in [3.63, 3.8) is 0 Å². The molecule has 1 aliphatic rings. The number of aromatic nitrogens is 1. The van der Waals surface area contributed by atoms with E-state index in [4.69, 9.17) is 21.3 Å². The van der Waals surface area contributed by atoms with Gasteiger partial charge < -0.3 is 26.6 Å². The maximum absolute atomic E-state index is 13.1.